The minimum absolute atomic E-state index is 0.0670. The summed E-state index contributed by atoms with van der Waals surface area (Å²) in [7, 11) is -3.71. The average Bonchev–Trinajstić information content (AvgIpc) is 3.47. The fourth-order valence-electron chi connectivity index (χ4n) is 3.49. The molecule has 0 radical (unpaired) electrons. The first-order valence-electron chi connectivity index (χ1n) is 9.34. The lowest BCUT2D eigenvalue weighted by molar-refractivity contribution is 0.0993. The van der Waals surface area contributed by atoms with Crippen molar-refractivity contribution in [3.05, 3.63) is 63.3 Å². The van der Waals surface area contributed by atoms with Crippen molar-refractivity contribution in [1.82, 2.24) is 8.75 Å². The van der Waals surface area contributed by atoms with Crippen molar-refractivity contribution in [2.75, 3.05) is 6.79 Å². The van der Waals surface area contributed by atoms with E-state index in [1.165, 1.54) is 6.07 Å². The maximum Gasteiger partial charge on any atom is 0.231 e. The van der Waals surface area contributed by atoms with E-state index in [1.807, 2.05) is 13.0 Å². The molecule has 7 nitrogen and oxygen atoms in total. The number of nitrogens with zero attached hydrogens (tertiary/aromatic N) is 2. The van der Waals surface area contributed by atoms with E-state index in [0.29, 0.717) is 22.6 Å². The summed E-state index contributed by atoms with van der Waals surface area (Å²) in [6.45, 7) is 2.04. The van der Waals surface area contributed by atoms with E-state index in [9.17, 15) is 13.2 Å². The number of carbonyl (C=O) groups excluding carboxylic acids is 1. The molecule has 3 heterocycles. The van der Waals surface area contributed by atoms with E-state index in [1.54, 1.807) is 29.6 Å². The van der Waals surface area contributed by atoms with Crippen LogP contribution in [0.4, 0.5) is 0 Å². The molecule has 0 atom stereocenters. The van der Waals surface area contributed by atoms with Crippen molar-refractivity contribution >= 4 is 49.7 Å². The van der Waals surface area contributed by atoms with Crippen molar-refractivity contribution in [1.29, 1.82) is 0 Å². The molecular formula is C21H16N2O5S3. The molecule has 0 spiro atoms. The number of hydrogen-bond acceptors (Lipinski definition) is 9. The van der Waals surface area contributed by atoms with Crippen LogP contribution < -0.4 is 9.47 Å². The van der Waals surface area contributed by atoms with Gasteiger partial charge in [0.25, 0.3) is 0 Å². The van der Waals surface area contributed by atoms with Gasteiger partial charge in [-0.1, -0.05) is 6.07 Å². The van der Waals surface area contributed by atoms with Gasteiger partial charge in [-0.2, -0.15) is 8.75 Å². The van der Waals surface area contributed by atoms with E-state index in [2.05, 4.69) is 8.75 Å². The van der Waals surface area contributed by atoms with E-state index in [-0.39, 0.29) is 34.5 Å². The highest BCUT2D eigenvalue weighted by molar-refractivity contribution is 7.90. The number of aromatic nitrogens is 2. The molecule has 0 saturated carbocycles. The molecule has 0 amide bonds. The first kappa shape index (κ1) is 20.1. The van der Waals surface area contributed by atoms with Gasteiger partial charge >= 0.3 is 0 Å². The topological polar surface area (TPSA) is 95.5 Å². The first-order chi connectivity index (χ1) is 14.9. The summed E-state index contributed by atoms with van der Waals surface area (Å²) >= 11 is 2.23. The normalized spacial score (nSPS) is 13.1. The molecular weight excluding hydrogens is 456 g/mol. The Kier molecular flexibility index (Phi) is 4.99. The van der Waals surface area contributed by atoms with Crippen LogP contribution in [0.25, 0.3) is 11.0 Å². The lowest BCUT2D eigenvalue weighted by Crippen LogP contribution is -2.11. The van der Waals surface area contributed by atoms with Crippen molar-refractivity contribution < 1.29 is 22.7 Å². The molecule has 2 aromatic heterocycles. The van der Waals surface area contributed by atoms with Crippen LogP contribution >= 0.6 is 23.1 Å². The van der Waals surface area contributed by atoms with Crippen LogP contribution in [0.5, 0.6) is 11.5 Å². The van der Waals surface area contributed by atoms with Crippen LogP contribution in [-0.4, -0.2) is 29.7 Å². The van der Waals surface area contributed by atoms with Gasteiger partial charge in [-0.05, 0) is 59.3 Å². The van der Waals surface area contributed by atoms with Gasteiger partial charge in [0, 0.05) is 6.42 Å². The molecule has 0 fully saturated rings. The second-order valence-electron chi connectivity index (χ2n) is 7.19. The molecule has 0 N–H and O–H groups in total. The summed E-state index contributed by atoms with van der Waals surface area (Å²) in [4.78, 5) is 13.4. The fourth-order valence-corrected chi connectivity index (χ4v) is 6.79. The number of sulfone groups is 1. The van der Waals surface area contributed by atoms with Gasteiger partial charge in [0.15, 0.2) is 27.1 Å². The van der Waals surface area contributed by atoms with Crippen LogP contribution in [-0.2, 0) is 22.0 Å². The Morgan fingerprint density at radius 3 is 2.68 bits per heavy atom. The lowest BCUT2D eigenvalue weighted by atomic mass is 10.0. The second kappa shape index (κ2) is 7.70. The Labute approximate surface area is 186 Å². The van der Waals surface area contributed by atoms with Crippen LogP contribution in [0, 0.1) is 6.92 Å². The maximum atomic E-state index is 13.1. The standard InChI is InChI=1S/C21H16N2O5S3/c1-12-6-18-19(28-11-27-18)9-14(12)8-17(24)21-20(4-5-29-21)31(25,26)10-13-2-3-15-16(7-13)23-30-22-15/h2-7,9H,8,10-11H2,1H3. The summed E-state index contributed by atoms with van der Waals surface area (Å²) in [5.74, 6) is 0.801. The Morgan fingerprint density at radius 2 is 1.84 bits per heavy atom. The Bertz CT molecular complexity index is 1420. The van der Waals surface area contributed by atoms with Crippen molar-refractivity contribution in [2.45, 2.75) is 24.0 Å². The third kappa shape index (κ3) is 3.82. The summed E-state index contributed by atoms with van der Waals surface area (Å²) < 4.78 is 45.3. The zero-order valence-corrected chi connectivity index (χ0v) is 18.8. The third-order valence-electron chi connectivity index (χ3n) is 5.07. The summed E-state index contributed by atoms with van der Waals surface area (Å²) in [5, 5.41) is 1.64. The number of hydrogen-bond donors (Lipinski definition) is 0. The van der Waals surface area contributed by atoms with E-state index >= 15 is 0 Å². The lowest BCUT2D eigenvalue weighted by Gasteiger charge is -2.09. The van der Waals surface area contributed by atoms with Gasteiger partial charge in [-0.15, -0.1) is 11.3 Å². The molecule has 1 aliphatic heterocycles. The predicted molar refractivity (Wildman–Crippen MR) is 118 cm³/mol. The minimum atomic E-state index is -3.71. The molecule has 0 saturated heterocycles. The predicted octanol–water partition coefficient (Wildman–Crippen LogP) is 4.19. The zero-order valence-electron chi connectivity index (χ0n) is 16.3. The molecule has 0 unspecified atom stereocenters. The summed E-state index contributed by atoms with van der Waals surface area (Å²) in [5.41, 5.74) is 3.68. The number of benzene rings is 2. The zero-order chi connectivity index (χ0) is 21.6. The van der Waals surface area contributed by atoms with Crippen molar-refractivity contribution in [2.24, 2.45) is 0 Å². The largest absolute Gasteiger partial charge is 0.454 e. The SMILES string of the molecule is Cc1cc2c(cc1CC(=O)c1sccc1S(=O)(=O)Cc1ccc3nsnc3c1)OCO2. The highest BCUT2D eigenvalue weighted by atomic mass is 32.2. The summed E-state index contributed by atoms with van der Waals surface area (Å²) in [6.07, 6.45) is 0.0853. The number of thiophene rings is 1. The van der Waals surface area contributed by atoms with Gasteiger partial charge < -0.3 is 9.47 Å². The molecule has 0 bridgehead atoms. The number of ketones is 1. The molecule has 158 valence electrons. The quantitative estimate of drug-likeness (QED) is 0.388. The van der Waals surface area contributed by atoms with Gasteiger partial charge in [0.1, 0.15) is 11.0 Å². The van der Waals surface area contributed by atoms with Crippen molar-refractivity contribution in [3.8, 4) is 11.5 Å². The van der Waals surface area contributed by atoms with E-state index in [4.69, 9.17) is 9.47 Å². The van der Waals surface area contributed by atoms with Gasteiger partial charge in [-0.25, -0.2) is 8.42 Å². The first-order valence-corrected chi connectivity index (χ1v) is 12.6. The van der Waals surface area contributed by atoms with Crippen LogP contribution in [0.3, 0.4) is 0 Å². The van der Waals surface area contributed by atoms with Crippen LogP contribution in [0.2, 0.25) is 0 Å². The number of ether oxygens (including phenoxy) is 2. The molecule has 1 aliphatic rings. The smallest absolute Gasteiger partial charge is 0.231 e. The Hall–Kier alpha value is -2.82. The number of Topliss-reactive ketones (excluding diaryl/α,β-unsaturated/α-hetero) is 1. The number of aryl methyl sites for hydroxylation is 1. The maximum absolute atomic E-state index is 13.1. The van der Waals surface area contributed by atoms with E-state index < -0.39 is 9.84 Å². The van der Waals surface area contributed by atoms with Crippen LogP contribution in [0.1, 0.15) is 26.4 Å². The molecule has 2 aromatic carbocycles. The highest BCUT2D eigenvalue weighted by Crippen LogP contribution is 2.35. The van der Waals surface area contributed by atoms with Crippen molar-refractivity contribution in [3.63, 3.8) is 0 Å². The summed E-state index contributed by atoms with van der Waals surface area (Å²) in [6, 6.07) is 10.3. The number of rotatable bonds is 6. The Morgan fingerprint density at radius 1 is 1.06 bits per heavy atom. The molecule has 10 heteroatoms. The fraction of sp³-hybridized carbons (Fsp3) is 0.190. The van der Waals surface area contributed by atoms with Gasteiger partial charge in [0.2, 0.25) is 6.79 Å². The average molecular weight is 473 g/mol. The van der Waals surface area contributed by atoms with Gasteiger partial charge in [0.05, 0.1) is 27.3 Å². The molecule has 0 aliphatic carbocycles. The van der Waals surface area contributed by atoms with Gasteiger partial charge in [-0.3, -0.25) is 4.79 Å². The molecule has 4 aromatic rings. The number of carbonyl (C=O) groups is 1. The second-order valence-corrected chi connectivity index (χ2v) is 10.6. The monoisotopic (exact) mass is 472 g/mol. The third-order valence-corrected chi connectivity index (χ3v) is 8.44. The van der Waals surface area contributed by atoms with E-state index in [0.717, 1.165) is 39.7 Å². The molecule has 5 rings (SSSR count). The highest BCUT2D eigenvalue weighted by Gasteiger charge is 2.26. The molecule has 31 heavy (non-hydrogen) atoms. The van der Waals surface area contributed by atoms with Crippen LogP contribution in [0.15, 0.2) is 46.7 Å². The minimum Gasteiger partial charge on any atom is -0.454 e. The number of fused-ring (bicyclic) bond motifs is 2. The Balaban J connectivity index is 1.41.